The van der Waals surface area contributed by atoms with Gasteiger partial charge in [0.2, 0.25) is 0 Å². The summed E-state index contributed by atoms with van der Waals surface area (Å²) in [6.45, 7) is 1.74. The Bertz CT molecular complexity index is 713. The molecule has 1 unspecified atom stereocenters. The average molecular weight is 394 g/mol. The lowest BCUT2D eigenvalue weighted by atomic mass is 9.96. The Labute approximate surface area is 149 Å². The van der Waals surface area contributed by atoms with E-state index < -0.39 is 5.60 Å². The van der Waals surface area contributed by atoms with E-state index in [4.69, 9.17) is 9.47 Å². The van der Waals surface area contributed by atoms with E-state index in [1.165, 1.54) is 14.2 Å². The van der Waals surface area contributed by atoms with Gasteiger partial charge in [-0.1, -0.05) is 28.1 Å². The highest BCUT2D eigenvalue weighted by Gasteiger charge is 2.24. The second-order valence-corrected chi connectivity index (χ2v) is 6.45. The zero-order valence-corrected chi connectivity index (χ0v) is 15.4. The molecule has 0 aliphatic carbocycles. The van der Waals surface area contributed by atoms with Crippen LogP contribution in [-0.2, 0) is 5.60 Å². The van der Waals surface area contributed by atoms with Gasteiger partial charge in [0, 0.05) is 10.0 Å². The van der Waals surface area contributed by atoms with E-state index in [1.54, 1.807) is 25.1 Å². The standard InChI is InChI=1S/C18H20BrNO4/c1-18(22,13-5-7-14(19)8-6-13)11-20-17(21)12-4-9-15(23-2)16(10-12)24-3/h4-10,22H,11H2,1-3H3,(H,20,21). The first-order chi connectivity index (χ1) is 11.4. The third-order valence-corrected chi connectivity index (χ3v) is 4.23. The molecule has 0 bridgehead atoms. The molecule has 0 spiro atoms. The highest BCUT2D eigenvalue weighted by atomic mass is 79.9. The number of carbonyl (C=O) groups is 1. The Morgan fingerprint density at radius 2 is 1.75 bits per heavy atom. The average Bonchev–Trinajstić information content (AvgIpc) is 2.59. The molecule has 2 aromatic carbocycles. The summed E-state index contributed by atoms with van der Waals surface area (Å²) in [7, 11) is 3.05. The maximum absolute atomic E-state index is 12.3. The topological polar surface area (TPSA) is 67.8 Å². The number of ether oxygens (including phenoxy) is 2. The third kappa shape index (κ3) is 4.27. The SMILES string of the molecule is COc1ccc(C(=O)NCC(C)(O)c2ccc(Br)cc2)cc1OC. The Morgan fingerprint density at radius 3 is 2.33 bits per heavy atom. The summed E-state index contributed by atoms with van der Waals surface area (Å²) in [6, 6.07) is 12.2. The molecule has 2 aromatic rings. The number of nitrogens with one attached hydrogen (secondary N) is 1. The van der Waals surface area contributed by atoms with Crippen LogP contribution in [0.4, 0.5) is 0 Å². The summed E-state index contributed by atoms with van der Waals surface area (Å²) in [5, 5.41) is 13.3. The smallest absolute Gasteiger partial charge is 0.251 e. The van der Waals surface area contributed by atoms with Gasteiger partial charge in [-0.05, 0) is 42.8 Å². The minimum Gasteiger partial charge on any atom is -0.493 e. The van der Waals surface area contributed by atoms with Gasteiger partial charge in [-0.3, -0.25) is 4.79 Å². The van der Waals surface area contributed by atoms with Gasteiger partial charge in [0.1, 0.15) is 5.60 Å². The van der Waals surface area contributed by atoms with Gasteiger partial charge in [0.05, 0.1) is 20.8 Å². The van der Waals surface area contributed by atoms with Gasteiger partial charge in [0.15, 0.2) is 11.5 Å². The zero-order valence-electron chi connectivity index (χ0n) is 13.8. The van der Waals surface area contributed by atoms with Crippen molar-refractivity contribution in [3.8, 4) is 11.5 Å². The van der Waals surface area contributed by atoms with Gasteiger partial charge >= 0.3 is 0 Å². The van der Waals surface area contributed by atoms with Gasteiger partial charge in [-0.15, -0.1) is 0 Å². The third-order valence-electron chi connectivity index (χ3n) is 3.71. The van der Waals surface area contributed by atoms with E-state index in [9.17, 15) is 9.90 Å². The molecule has 1 atom stereocenters. The second-order valence-electron chi connectivity index (χ2n) is 5.53. The number of carbonyl (C=O) groups excluding carboxylic acids is 1. The molecule has 0 saturated carbocycles. The lowest BCUT2D eigenvalue weighted by molar-refractivity contribution is 0.0526. The number of aliphatic hydroxyl groups is 1. The van der Waals surface area contributed by atoms with Crippen molar-refractivity contribution in [3.63, 3.8) is 0 Å². The fourth-order valence-corrected chi connectivity index (χ4v) is 2.51. The molecule has 24 heavy (non-hydrogen) atoms. The molecule has 0 aliphatic heterocycles. The Balaban J connectivity index is 2.08. The summed E-state index contributed by atoms with van der Waals surface area (Å²) in [6.07, 6.45) is 0. The van der Waals surface area contributed by atoms with Crippen LogP contribution in [0, 0.1) is 0 Å². The van der Waals surface area contributed by atoms with Crippen molar-refractivity contribution >= 4 is 21.8 Å². The quantitative estimate of drug-likeness (QED) is 0.790. The number of halogens is 1. The predicted octanol–water partition coefficient (Wildman–Crippen LogP) is 3.10. The van der Waals surface area contributed by atoms with Crippen LogP contribution < -0.4 is 14.8 Å². The van der Waals surface area contributed by atoms with Crippen molar-refractivity contribution in [3.05, 3.63) is 58.1 Å². The molecule has 5 nitrogen and oxygen atoms in total. The summed E-state index contributed by atoms with van der Waals surface area (Å²) in [4.78, 5) is 12.3. The van der Waals surface area contributed by atoms with E-state index in [0.29, 0.717) is 17.1 Å². The second kappa shape index (κ2) is 7.68. The van der Waals surface area contributed by atoms with E-state index >= 15 is 0 Å². The number of amides is 1. The van der Waals surface area contributed by atoms with Crippen molar-refractivity contribution in [2.45, 2.75) is 12.5 Å². The fraction of sp³-hybridized carbons (Fsp3) is 0.278. The summed E-state index contributed by atoms with van der Waals surface area (Å²) in [5.41, 5.74) is -0.0232. The van der Waals surface area contributed by atoms with Crippen LogP contribution in [0.25, 0.3) is 0 Å². The molecule has 2 rings (SSSR count). The minimum atomic E-state index is -1.17. The van der Waals surface area contributed by atoms with E-state index in [2.05, 4.69) is 21.2 Å². The van der Waals surface area contributed by atoms with Crippen molar-refractivity contribution in [2.75, 3.05) is 20.8 Å². The number of methoxy groups -OCH3 is 2. The summed E-state index contributed by atoms with van der Waals surface area (Å²) >= 11 is 3.36. The van der Waals surface area contributed by atoms with Crippen molar-refractivity contribution in [1.82, 2.24) is 5.32 Å². The monoisotopic (exact) mass is 393 g/mol. The predicted molar refractivity (Wildman–Crippen MR) is 95.6 cm³/mol. The van der Waals surface area contributed by atoms with Gasteiger partial charge in [-0.2, -0.15) is 0 Å². The van der Waals surface area contributed by atoms with Crippen LogP contribution >= 0.6 is 15.9 Å². The number of hydrogen-bond acceptors (Lipinski definition) is 4. The van der Waals surface area contributed by atoms with Crippen molar-refractivity contribution in [2.24, 2.45) is 0 Å². The van der Waals surface area contributed by atoms with Crippen LogP contribution in [0.2, 0.25) is 0 Å². The summed E-state index contributed by atoms with van der Waals surface area (Å²) in [5.74, 6) is 0.731. The van der Waals surface area contributed by atoms with Crippen LogP contribution in [0.3, 0.4) is 0 Å². The van der Waals surface area contributed by atoms with Crippen molar-refractivity contribution in [1.29, 1.82) is 0 Å². The van der Waals surface area contributed by atoms with Gasteiger partial charge in [0.25, 0.3) is 5.91 Å². The molecule has 0 aromatic heterocycles. The number of benzene rings is 2. The molecule has 6 heteroatoms. The fourth-order valence-electron chi connectivity index (χ4n) is 2.24. The highest BCUT2D eigenvalue weighted by molar-refractivity contribution is 9.10. The minimum absolute atomic E-state index is 0.0851. The van der Waals surface area contributed by atoms with E-state index in [1.807, 2.05) is 24.3 Å². The first-order valence-corrected chi connectivity index (χ1v) is 8.15. The Hall–Kier alpha value is -2.05. The van der Waals surface area contributed by atoms with Crippen molar-refractivity contribution < 1.29 is 19.4 Å². The zero-order chi connectivity index (χ0) is 17.7. The first kappa shape index (κ1) is 18.3. The molecular weight excluding hydrogens is 374 g/mol. The lowest BCUT2D eigenvalue weighted by Crippen LogP contribution is -2.38. The molecule has 2 N–H and O–H groups in total. The molecule has 0 aliphatic rings. The Kier molecular flexibility index (Phi) is 5.85. The van der Waals surface area contributed by atoms with Crippen LogP contribution in [0.15, 0.2) is 46.9 Å². The van der Waals surface area contributed by atoms with Crippen LogP contribution in [0.1, 0.15) is 22.8 Å². The van der Waals surface area contributed by atoms with E-state index in [0.717, 1.165) is 10.0 Å². The Morgan fingerprint density at radius 1 is 1.12 bits per heavy atom. The van der Waals surface area contributed by atoms with Gasteiger partial charge < -0.3 is 19.9 Å². The molecule has 0 fully saturated rings. The maximum atomic E-state index is 12.3. The van der Waals surface area contributed by atoms with E-state index in [-0.39, 0.29) is 12.5 Å². The highest BCUT2D eigenvalue weighted by Crippen LogP contribution is 2.27. The van der Waals surface area contributed by atoms with Crippen LogP contribution in [0.5, 0.6) is 11.5 Å². The molecular formula is C18H20BrNO4. The lowest BCUT2D eigenvalue weighted by Gasteiger charge is -2.24. The largest absolute Gasteiger partial charge is 0.493 e. The molecule has 0 heterocycles. The molecule has 1 amide bonds. The first-order valence-electron chi connectivity index (χ1n) is 7.36. The summed E-state index contributed by atoms with van der Waals surface area (Å²) < 4.78 is 11.3. The molecule has 128 valence electrons. The molecule has 0 saturated heterocycles. The molecule has 0 radical (unpaired) electrons. The normalized spacial score (nSPS) is 13.0. The maximum Gasteiger partial charge on any atom is 0.251 e. The number of rotatable bonds is 6. The number of hydrogen-bond donors (Lipinski definition) is 2. The van der Waals surface area contributed by atoms with Gasteiger partial charge in [-0.25, -0.2) is 0 Å². The van der Waals surface area contributed by atoms with Crippen LogP contribution in [-0.4, -0.2) is 31.8 Å².